The van der Waals surface area contributed by atoms with Crippen molar-refractivity contribution in [2.75, 3.05) is 98.2 Å². The topological polar surface area (TPSA) is 117 Å². The first kappa shape index (κ1) is 77.6. The molecule has 1 heterocycles. The first-order valence-corrected chi connectivity index (χ1v) is 36.2. The Hall–Kier alpha value is -0.400. The molecular formula is C70H145N5O5. The van der Waals surface area contributed by atoms with Gasteiger partial charge in [-0.1, -0.05) is 291 Å². The van der Waals surface area contributed by atoms with Gasteiger partial charge in [0.05, 0.1) is 30.5 Å². The Balaban J connectivity index is 2.94. The van der Waals surface area contributed by atoms with E-state index in [1.165, 1.54) is 225 Å². The normalized spacial score (nSPS) is 15.7. The first-order valence-electron chi connectivity index (χ1n) is 36.2. The molecule has 0 aliphatic carbocycles. The van der Waals surface area contributed by atoms with E-state index in [0.717, 1.165) is 130 Å². The van der Waals surface area contributed by atoms with Gasteiger partial charge in [-0.05, 0) is 32.1 Å². The summed E-state index contributed by atoms with van der Waals surface area (Å²) in [6.07, 6.45) is 53.2. The summed E-state index contributed by atoms with van der Waals surface area (Å²) in [7, 11) is 0. The molecule has 10 heteroatoms. The number of rotatable bonds is 64. The summed E-state index contributed by atoms with van der Waals surface area (Å²) in [5, 5.41) is 56.9. The van der Waals surface area contributed by atoms with E-state index in [9.17, 15) is 25.5 Å². The first-order chi connectivity index (χ1) is 39.1. The van der Waals surface area contributed by atoms with Gasteiger partial charge in [0, 0.05) is 98.2 Å². The van der Waals surface area contributed by atoms with Crippen molar-refractivity contribution in [3.05, 3.63) is 0 Å². The van der Waals surface area contributed by atoms with Crippen LogP contribution in [0.15, 0.2) is 0 Å². The van der Waals surface area contributed by atoms with Crippen molar-refractivity contribution in [2.45, 2.75) is 354 Å². The van der Waals surface area contributed by atoms with Crippen LogP contribution in [-0.4, -0.2) is 179 Å². The Morgan fingerprint density at radius 1 is 0.237 bits per heavy atom. The number of hydrogen-bond acceptors (Lipinski definition) is 10. The second kappa shape index (κ2) is 59.0. The molecule has 0 aromatic carbocycles. The van der Waals surface area contributed by atoms with Crippen molar-refractivity contribution in [1.29, 1.82) is 0 Å². The van der Waals surface area contributed by atoms with Crippen molar-refractivity contribution in [3.63, 3.8) is 0 Å². The zero-order chi connectivity index (χ0) is 58.2. The van der Waals surface area contributed by atoms with Crippen molar-refractivity contribution in [1.82, 2.24) is 24.5 Å². The molecule has 0 radical (unpaired) electrons. The zero-order valence-electron chi connectivity index (χ0n) is 54.8. The van der Waals surface area contributed by atoms with Crippen LogP contribution in [-0.2, 0) is 0 Å². The molecule has 480 valence electrons. The van der Waals surface area contributed by atoms with Gasteiger partial charge in [0.25, 0.3) is 0 Å². The highest BCUT2D eigenvalue weighted by Gasteiger charge is 2.23. The number of aliphatic hydroxyl groups is 5. The third-order valence-electron chi connectivity index (χ3n) is 18.0. The maximum atomic E-state index is 11.5. The predicted octanol–water partition coefficient (Wildman–Crippen LogP) is 16.0. The lowest BCUT2D eigenvalue weighted by molar-refractivity contribution is 0.0419. The molecule has 1 aliphatic heterocycles. The monoisotopic (exact) mass is 1140 g/mol. The summed E-state index contributed by atoms with van der Waals surface area (Å²) in [6.45, 7) is 24.0. The third-order valence-corrected chi connectivity index (χ3v) is 18.0. The Kier molecular flexibility index (Phi) is 57.2. The Morgan fingerprint density at radius 2 is 0.412 bits per heavy atom. The minimum Gasteiger partial charge on any atom is -0.392 e. The maximum absolute atomic E-state index is 11.5. The smallest absolute Gasteiger partial charge is 0.0667 e. The second-order valence-corrected chi connectivity index (χ2v) is 26.1. The molecule has 1 rings (SSSR count). The molecule has 0 saturated carbocycles. The van der Waals surface area contributed by atoms with Gasteiger partial charge in [-0.15, -0.1) is 0 Å². The fraction of sp³-hybridized carbons (Fsp3) is 1.00. The zero-order valence-corrected chi connectivity index (χ0v) is 54.8. The quantitative estimate of drug-likeness (QED) is 0.0377. The number of unbranched alkanes of at least 4 members (excludes halogenated alkanes) is 35. The fourth-order valence-corrected chi connectivity index (χ4v) is 12.4. The fourth-order valence-electron chi connectivity index (χ4n) is 12.4. The maximum Gasteiger partial charge on any atom is 0.0667 e. The lowest BCUT2D eigenvalue weighted by Crippen LogP contribution is -2.51. The summed E-state index contributed by atoms with van der Waals surface area (Å²) in [5.41, 5.74) is 0. The summed E-state index contributed by atoms with van der Waals surface area (Å²) in [6, 6.07) is 0. The van der Waals surface area contributed by atoms with E-state index in [0.29, 0.717) is 32.7 Å². The SMILES string of the molecule is CCCCCCCCCC[C@H](O)CN(CCN1CCN(CCN(C[C@@H](O)CCCCCCCCCC)C[C@@H](O)CCCCCCCCCC)CC1)CCN(C[C@@H](O)CCCCCCCCCC)C[C@@H](O)CCCCCCCCCC. The molecular weight excluding hydrogens is 991 g/mol. The molecule has 5 atom stereocenters. The summed E-state index contributed by atoms with van der Waals surface area (Å²) in [5.74, 6) is 0. The van der Waals surface area contributed by atoms with Gasteiger partial charge < -0.3 is 25.5 Å². The van der Waals surface area contributed by atoms with Crippen LogP contribution in [0.25, 0.3) is 0 Å². The van der Waals surface area contributed by atoms with Crippen LogP contribution in [0, 0.1) is 0 Å². The lowest BCUT2D eigenvalue weighted by atomic mass is 10.0. The summed E-state index contributed by atoms with van der Waals surface area (Å²) < 4.78 is 0. The summed E-state index contributed by atoms with van der Waals surface area (Å²) in [4.78, 5) is 12.4. The van der Waals surface area contributed by atoms with Crippen LogP contribution in [0.3, 0.4) is 0 Å². The van der Waals surface area contributed by atoms with Crippen LogP contribution in [0.2, 0.25) is 0 Å². The highest BCUT2D eigenvalue weighted by atomic mass is 16.3. The Labute approximate surface area is 500 Å². The van der Waals surface area contributed by atoms with Crippen molar-refractivity contribution in [2.24, 2.45) is 0 Å². The Bertz CT molecular complexity index is 1160. The minimum atomic E-state index is -0.385. The van der Waals surface area contributed by atoms with E-state index in [2.05, 4.69) is 59.1 Å². The largest absolute Gasteiger partial charge is 0.392 e. The van der Waals surface area contributed by atoms with Gasteiger partial charge in [-0.25, -0.2) is 0 Å². The highest BCUT2D eigenvalue weighted by molar-refractivity contribution is 4.79. The average Bonchev–Trinajstić information content (AvgIpc) is 3.44. The van der Waals surface area contributed by atoms with Crippen molar-refractivity contribution < 1.29 is 25.5 Å². The molecule has 0 aromatic rings. The predicted molar refractivity (Wildman–Crippen MR) is 348 cm³/mol. The molecule has 0 spiro atoms. The molecule has 0 bridgehead atoms. The van der Waals surface area contributed by atoms with Crippen molar-refractivity contribution >= 4 is 0 Å². The van der Waals surface area contributed by atoms with Crippen LogP contribution in [0.4, 0.5) is 0 Å². The summed E-state index contributed by atoms with van der Waals surface area (Å²) >= 11 is 0. The van der Waals surface area contributed by atoms with Gasteiger partial charge in [0.2, 0.25) is 0 Å². The lowest BCUT2D eigenvalue weighted by Gasteiger charge is -2.37. The van der Waals surface area contributed by atoms with Crippen LogP contribution >= 0.6 is 0 Å². The van der Waals surface area contributed by atoms with Gasteiger partial charge in [-0.3, -0.25) is 24.5 Å². The number of aliphatic hydroxyl groups excluding tert-OH is 5. The van der Waals surface area contributed by atoms with Gasteiger partial charge in [0.15, 0.2) is 0 Å². The van der Waals surface area contributed by atoms with E-state index < -0.39 is 0 Å². The van der Waals surface area contributed by atoms with E-state index in [-0.39, 0.29) is 30.5 Å². The minimum absolute atomic E-state index is 0.342. The molecule has 0 unspecified atom stereocenters. The van der Waals surface area contributed by atoms with E-state index >= 15 is 0 Å². The standard InChI is InChI=1S/C70H145N5O5/c1-6-11-16-21-26-31-36-41-46-66(76)61-73(58-60-75(64-69(79)49-44-39-34-29-24-19-14-9-4)65-70(80)50-45-40-35-30-25-20-15-10-5)57-55-71-51-53-72(54-52-71)56-59-74(62-67(77)47-42-37-32-27-22-17-12-7-2)63-68(78)48-43-38-33-28-23-18-13-8-3/h66-70,76-80H,6-65H2,1-5H3/t66-,67-,68-,69-,70-/m0/s1. The van der Waals surface area contributed by atoms with Crippen LogP contribution in [0.1, 0.15) is 324 Å². The van der Waals surface area contributed by atoms with Gasteiger partial charge in [0.1, 0.15) is 0 Å². The Morgan fingerprint density at radius 3 is 0.650 bits per heavy atom. The average molecular weight is 1140 g/mol. The number of nitrogens with zero attached hydrogens (tertiary/aromatic N) is 5. The molecule has 1 aliphatic rings. The molecule has 10 nitrogen and oxygen atoms in total. The van der Waals surface area contributed by atoms with E-state index in [1.54, 1.807) is 0 Å². The number of piperazine rings is 1. The van der Waals surface area contributed by atoms with E-state index in [4.69, 9.17) is 0 Å². The molecule has 5 N–H and O–H groups in total. The molecule has 1 fully saturated rings. The second-order valence-electron chi connectivity index (χ2n) is 26.1. The highest BCUT2D eigenvalue weighted by Crippen LogP contribution is 2.18. The molecule has 80 heavy (non-hydrogen) atoms. The number of hydrogen-bond donors (Lipinski definition) is 5. The van der Waals surface area contributed by atoms with Crippen LogP contribution in [0.5, 0.6) is 0 Å². The molecule has 0 aromatic heterocycles. The molecule has 1 saturated heterocycles. The third kappa shape index (κ3) is 50.9. The van der Waals surface area contributed by atoms with Crippen LogP contribution < -0.4 is 0 Å². The van der Waals surface area contributed by atoms with Gasteiger partial charge >= 0.3 is 0 Å². The van der Waals surface area contributed by atoms with E-state index in [1.807, 2.05) is 0 Å². The van der Waals surface area contributed by atoms with Gasteiger partial charge in [-0.2, -0.15) is 0 Å². The molecule has 0 amide bonds. The van der Waals surface area contributed by atoms with Crippen molar-refractivity contribution in [3.8, 4) is 0 Å².